The fourth-order valence-corrected chi connectivity index (χ4v) is 2.55. The van der Waals surface area contributed by atoms with Crippen molar-refractivity contribution in [2.75, 3.05) is 0 Å². The summed E-state index contributed by atoms with van der Waals surface area (Å²) in [5, 5.41) is 2.44. The molecule has 4 heteroatoms. The SMILES string of the molecule is Clc1cc2oc3ccccc3c2c(Br)n1. The van der Waals surface area contributed by atoms with Crippen LogP contribution in [0.2, 0.25) is 5.15 Å². The molecule has 0 aliphatic carbocycles. The third-order valence-electron chi connectivity index (χ3n) is 2.28. The first kappa shape index (κ1) is 9.19. The first-order valence-electron chi connectivity index (χ1n) is 4.39. The van der Waals surface area contributed by atoms with Crippen LogP contribution in [-0.2, 0) is 0 Å². The van der Waals surface area contributed by atoms with Crippen molar-refractivity contribution in [3.63, 3.8) is 0 Å². The highest BCUT2D eigenvalue weighted by Crippen LogP contribution is 2.34. The fraction of sp³-hybridized carbons (Fsp3) is 0. The van der Waals surface area contributed by atoms with Gasteiger partial charge in [-0.25, -0.2) is 4.98 Å². The third kappa shape index (κ3) is 1.34. The van der Waals surface area contributed by atoms with E-state index >= 15 is 0 Å². The van der Waals surface area contributed by atoms with Crippen LogP contribution in [0.1, 0.15) is 0 Å². The molecule has 0 atom stereocenters. The molecule has 0 saturated heterocycles. The summed E-state index contributed by atoms with van der Waals surface area (Å²) in [5.74, 6) is 0. The van der Waals surface area contributed by atoms with Gasteiger partial charge < -0.3 is 4.42 Å². The van der Waals surface area contributed by atoms with E-state index in [1.165, 1.54) is 0 Å². The molecule has 15 heavy (non-hydrogen) atoms. The highest BCUT2D eigenvalue weighted by atomic mass is 79.9. The molecule has 0 saturated carbocycles. The molecule has 0 amide bonds. The summed E-state index contributed by atoms with van der Waals surface area (Å²) >= 11 is 9.24. The highest BCUT2D eigenvalue weighted by Gasteiger charge is 2.11. The van der Waals surface area contributed by atoms with Crippen molar-refractivity contribution >= 4 is 49.5 Å². The molecule has 1 aromatic carbocycles. The lowest BCUT2D eigenvalue weighted by atomic mass is 10.2. The van der Waals surface area contributed by atoms with Crippen LogP contribution in [0.15, 0.2) is 39.4 Å². The Bertz CT molecular complexity index is 662. The van der Waals surface area contributed by atoms with Crippen molar-refractivity contribution in [3.8, 4) is 0 Å². The number of para-hydroxylation sites is 1. The smallest absolute Gasteiger partial charge is 0.141 e. The summed E-state index contributed by atoms with van der Waals surface area (Å²) in [6.07, 6.45) is 0. The van der Waals surface area contributed by atoms with E-state index in [-0.39, 0.29) is 0 Å². The number of rotatable bonds is 0. The van der Waals surface area contributed by atoms with E-state index in [4.69, 9.17) is 16.0 Å². The maximum absolute atomic E-state index is 5.85. The minimum Gasteiger partial charge on any atom is -0.456 e. The maximum Gasteiger partial charge on any atom is 0.141 e. The van der Waals surface area contributed by atoms with Gasteiger partial charge in [-0.2, -0.15) is 0 Å². The minimum absolute atomic E-state index is 0.424. The van der Waals surface area contributed by atoms with Gasteiger partial charge in [0.25, 0.3) is 0 Å². The number of hydrogen-bond acceptors (Lipinski definition) is 2. The van der Waals surface area contributed by atoms with E-state index in [9.17, 15) is 0 Å². The summed E-state index contributed by atoms with van der Waals surface area (Å²) < 4.78 is 6.38. The van der Waals surface area contributed by atoms with Crippen molar-refractivity contribution in [1.29, 1.82) is 0 Å². The molecule has 2 heterocycles. The Morgan fingerprint density at radius 3 is 2.87 bits per heavy atom. The van der Waals surface area contributed by atoms with Crippen LogP contribution in [0.5, 0.6) is 0 Å². The van der Waals surface area contributed by atoms with Crippen LogP contribution < -0.4 is 0 Å². The maximum atomic E-state index is 5.85. The molecule has 0 fully saturated rings. The van der Waals surface area contributed by atoms with Gasteiger partial charge in [0.1, 0.15) is 20.9 Å². The first-order valence-corrected chi connectivity index (χ1v) is 5.56. The van der Waals surface area contributed by atoms with Crippen LogP contribution in [0, 0.1) is 0 Å². The first-order chi connectivity index (χ1) is 7.25. The van der Waals surface area contributed by atoms with E-state index in [1.807, 2.05) is 24.3 Å². The number of fused-ring (bicyclic) bond motifs is 3. The van der Waals surface area contributed by atoms with Crippen molar-refractivity contribution in [1.82, 2.24) is 4.98 Å². The predicted molar refractivity (Wildman–Crippen MR) is 64.2 cm³/mol. The number of furan rings is 1. The standard InChI is InChI=1S/C11H5BrClNO/c12-11-10-6-3-1-2-4-7(6)15-8(10)5-9(13)14-11/h1-5H. The molecule has 0 aliphatic heterocycles. The van der Waals surface area contributed by atoms with Crippen LogP contribution in [-0.4, -0.2) is 4.98 Å². The van der Waals surface area contributed by atoms with E-state index < -0.39 is 0 Å². The summed E-state index contributed by atoms with van der Waals surface area (Å²) in [4.78, 5) is 4.15. The summed E-state index contributed by atoms with van der Waals surface area (Å²) in [6, 6.07) is 9.56. The lowest BCUT2D eigenvalue weighted by Crippen LogP contribution is -1.77. The average molecular weight is 283 g/mol. The Morgan fingerprint density at radius 1 is 1.20 bits per heavy atom. The Balaban J connectivity index is 2.61. The van der Waals surface area contributed by atoms with E-state index in [2.05, 4.69) is 20.9 Å². The number of benzene rings is 1. The van der Waals surface area contributed by atoms with Crippen LogP contribution in [0.3, 0.4) is 0 Å². The second-order valence-electron chi connectivity index (χ2n) is 3.21. The monoisotopic (exact) mass is 281 g/mol. The number of pyridine rings is 1. The summed E-state index contributed by atoms with van der Waals surface area (Å²) in [7, 11) is 0. The van der Waals surface area contributed by atoms with Crippen LogP contribution in [0.4, 0.5) is 0 Å². The van der Waals surface area contributed by atoms with Gasteiger partial charge in [-0.3, -0.25) is 0 Å². The molecule has 0 spiro atoms. The molecule has 0 bridgehead atoms. The fourth-order valence-electron chi connectivity index (χ4n) is 1.67. The zero-order valence-electron chi connectivity index (χ0n) is 7.50. The van der Waals surface area contributed by atoms with Crippen molar-refractivity contribution in [2.45, 2.75) is 0 Å². The van der Waals surface area contributed by atoms with Crippen LogP contribution in [0.25, 0.3) is 21.9 Å². The van der Waals surface area contributed by atoms with Gasteiger partial charge in [0.05, 0.1) is 5.39 Å². The molecular formula is C11H5BrClNO. The molecule has 2 nitrogen and oxygen atoms in total. The molecule has 0 radical (unpaired) electrons. The van der Waals surface area contributed by atoms with Gasteiger partial charge in [0, 0.05) is 11.5 Å². The predicted octanol–water partition coefficient (Wildman–Crippen LogP) is 4.40. The lowest BCUT2D eigenvalue weighted by molar-refractivity contribution is 0.668. The number of aromatic nitrogens is 1. The lowest BCUT2D eigenvalue weighted by Gasteiger charge is -1.93. The molecule has 0 N–H and O–H groups in total. The Labute approximate surface area is 99.0 Å². The van der Waals surface area contributed by atoms with Crippen LogP contribution >= 0.6 is 27.5 Å². The molecular weight excluding hydrogens is 277 g/mol. The zero-order chi connectivity index (χ0) is 10.4. The van der Waals surface area contributed by atoms with Crippen molar-refractivity contribution < 1.29 is 4.42 Å². The van der Waals surface area contributed by atoms with Gasteiger partial charge in [-0.1, -0.05) is 29.8 Å². The minimum atomic E-state index is 0.424. The molecule has 3 rings (SSSR count). The number of halogens is 2. The largest absolute Gasteiger partial charge is 0.456 e. The average Bonchev–Trinajstić information content (AvgIpc) is 2.54. The van der Waals surface area contributed by atoms with E-state index in [1.54, 1.807) is 6.07 Å². The van der Waals surface area contributed by atoms with Gasteiger partial charge in [0.15, 0.2) is 0 Å². The Kier molecular flexibility index (Phi) is 1.97. The summed E-state index contributed by atoms with van der Waals surface area (Å²) in [5.41, 5.74) is 1.60. The van der Waals surface area contributed by atoms with Gasteiger partial charge in [-0.05, 0) is 22.0 Å². The van der Waals surface area contributed by atoms with Crippen molar-refractivity contribution in [3.05, 3.63) is 40.1 Å². The third-order valence-corrected chi connectivity index (χ3v) is 3.05. The topological polar surface area (TPSA) is 26.0 Å². The number of hydrogen-bond donors (Lipinski definition) is 0. The Hall–Kier alpha value is -1.06. The molecule has 74 valence electrons. The van der Waals surface area contributed by atoms with Crippen molar-refractivity contribution in [2.24, 2.45) is 0 Å². The molecule has 0 unspecified atom stereocenters. The van der Waals surface area contributed by atoms with Gasteiger partial charge >= 0.3 is 0 Å². The molecule has 2 aromatic heterocycles. The normalized spacial score (nSPS) is 11.3. The summed E-state index contributed by atoms with van der Waals surface area (Å²) in [6.45, 7) is 0. The molecule has 3 aromatic rings. The quantitative estimate of drug-likeness (QED) is 0.571. The van der Waals surface area contributed by atoms with Gasteiger partial charge in [-0.15, -0.1) is 0 Å². The van der Waals surface area contributed by atoms with Gasteiger partial charge in [0.2, 0.25) is 0 Å². The second kappa shape index (κ2) is 3.22. The number of nitrogens with zero attached hydrogens (tertiary/aromatic N) is 1. The zero-order valence-corrected chi connectivity index (χ0v) is 9.84. The highest BCUT2D eigenvalue weighted by molar-refractivity contribution is 9.10. The van der Waals surface area contributed by atoms with E-state index in [0.717, 1.165) is 26.5 Å². The molecule has 0 aliphatic rings. The Morgan fingerprint density at radius 2 is 2.00 bits per heavy atom. The van der Waals surface area contributed by atoms with E-state index in [0.29, 0.717) is 5.15 Å². The second-order valence-corrected chi connectivity index (χ2v) is 4.35.